The molecule has 0 fully saturated rings. The minimum atomic E-state index is -4.77. The highest BCUT2D eigenvalue weighted by molar-refractivity contribution is 6.03. The summed E-state index contributed by atoms with van der Waals surface area (Å²) in [6, 6.07) is 8.04. The minimum absolute atomic E-state index is 0.0676. The number of aromatic carboxylic acids is 1. The summed E-state index contributed by atoms with van der Waals surface area (Å²) in [6.45, 7) is 3.45. The topological polar surface area (TPSA) is 64.3 Å². The molecule has 0 saturated heterocycles. The van der Waals surface area contributed by atoms with E-state index in [1.165, 1.54) is 35.0 Å². The molecule has 1 N–H and O–H groups in total. The fourth-order valence-corrected chi connectivity index (χ4v) is 2.96. The van der Waals surface area contributed by atoms with E-state index in [-0.39, 0.29) is 11.3 Å². The Morgan fingerprint density at radius 3 is 2.46 bits per heavy atom. The molecule has 0 aliphatic heterocycles. The molecule has 1 aromatic heterocycles. The number of carboxylic acid groups (broad SMARTS) is 1. The van der Waals surface area contributed by atoms with Crippen LogP contribution in [-0.4, -0.2) is 27.2 Å². The van der Waals surface area contributed by atoms with Crippen molar-refractivity contribution >= 4 is 16.9 Å². The number of halogens is 3. The Balaban J connectivity index is 2.06. The maximum atomic E-state index is 12.3. The first kappa shape index (κ1) is 19.3. The highest BCUT2D eigenvalue weighted by Gasteiger charge is 2.31. The fraction of sp³-hybridized carbons (Fsp3) is 0.200. The Labute approximate surface area is 158 Å². The van der Waals surface area contributed by atoms with Gasteiger partial charge in [-0.3, -0.25) is 4.68 Å². The molecule has 1 heterocycles. The average Bonchev–Trinajstić information content (AvgIpc) is 3.06. The maximum Gasteiger partial charge on any atom is 0.573 e. The molecule has 0 aliphatic rings. The second-order valence-corrected chi connectivity index (χ2v) is 5.99. The van der Waals surface area contributed by atoms with E-state index in [9.17, 15) is 23.1 Å². The molecule has 0 radical (unpaired) electrons. The molecule has 0 spiro atoms. The van der Waals surface area contributed by atoms with Crippen LogP contribution in [0.4, 0.5) is 13.2 Å². The largest absolute Gasteiger partial charge is 0.573 e. The van der Waals surface area contributed by atoms with Crippen molar-refractivity contribution in [2.24, 2.45) is 0 Å². The lowest BCUT2D eigenvalue weighted by molar-refractivity contribution is -0.274. The van der Waals surface area contributed by atoms with Crippen LogP contribution in [0.15, 0.2) is 42.6 Å². The van der Waals surface area contributed by atoms with E-state index in [1.807, 2.05) is 0 Å². The molecule has 0 saturated carbocycles. The van der Waals surface area contributed by atoms with Gasteiger partial charge in [0.2, 0.25) is 0 Å². The predicted molar refractivity (Wildman–Crippen MR) is 96.2 cm³/mol. The number of nitrogens with zero attached hydrogens (tertiary/aromatic N) is 2. The van der Waals surface area contributed by atoms with Gasteiger partial charge in [-0.15, -0.1) is 19.1 Å². The monoisotopic (exact) mass is 388 g/mol. The van der Waals surface area contributed by atoms with E-state index in [4.69, 9.17) is 0 Å². The van der Waals surface area contributed by atoms with Crippen LogP contribution >= 0.6 is 0 Å². The van der Waals surface area contributed by atoms with Gasteiger partial charge >= 0.3 is 12.3 Å². The summed E-state index contributed by atoms with van der Waals surface area (Å²) in [7, 11) is 0. The van der Waals surface area contributed by atoms with Gasteiger partial charge in [0.05, 0.1) is 23.3 Å². The van der Waals surface area contributed by atoms with Crippen LogP contribution in [0.3, 0.4) is 0 Å². The highest BCUT2D eigenvalue weighted by atomic mass is 19.4. The number of rotatable bonds is 4. The van der Waals surface area contributed by atoms with Gasteiger partial charge in [-0.1, -0.05) is 18.1 Å². The van der Waals surface area contributed by atoms with Crippen molar-refractivity contribution in [2.75, 3.05) is 0 Å². The Morgan fingerprint density at radius 2 is 1.89 bits per heavy atom. The second kappa shape index (κ2) is 7.27. The average molecular weight is 388 g/mol. The first-order chi connectivity index (χ1) is 13.2. The fourth-order valence-electron chi connectivity index (χ4n) is 2.96. The maximum absolute atomic E-state index is 12.3. The van der Waals surface area contributed by atoms with Crippen molar-refractivity contribution in [2.45, 2.75) is 26.3 Å². The summed E-state index contributed by atoms with van der Waals surface area (Å²) in [5.41, 5.74) is 1.76. The van der Waals surface area contributed by atoms with Crippen molar-refractivity contribution in [3.8, 4) is 17.6 Å². The van der Waals surface area contributed by atoms with E-state index in [2.05, 4.69) is 21.7 Å². The molecule has 1 unspecified atom stereocenters. The zero-order valence-electron chi connectivity index (χ0n) is 14.9. The minimum Gasteiger partial charge on any atom is -0.478 e. The van der Waals surface area contributed by atoms with Gasteiger partial charge in [0, 0.05) is 10.9 Å². The highest BCUT2D eigenvalue weighted by Crippen LogP contribution is 2.30. The molecule has 0 amide bonds. The van der Waals surface area contributed by atoms with Gasteiger partial charge in [0.1, 0.15) is 5.75 Å². The third-order valence-electron chi connectivity index (χ3n) is 4.21. The second-order valence-electron chi connectivity index (χ2n) is 5.99. The number of hydrogen-bond acceptors (Lipinski definition) is 3. The molecule has 28 heavy (non-hydrogen) atoms. The summed E-state index contributed by atoms with van der Waals surface area (Å²) >= 11 is 0. The Hall–Kier alpha value is -3.47. The van der Waals surface area contributed by atoms with Gasteiger partial charge in [-0.05, 0) is 43.7 Å². The van der Waals surface area contributed by atoms with Crippen molar-refractivity contribution < 1.29 is 27.8 Å². The molecule has 2 aromatic carbocycles. The van der Waals surface area contributed by atoms with Crippen LogP contribution in [0, 0.1) is 11.8 Å². The van der Waals surface area contributed by atoms with Crippen LogP contribution in [0.25, 0.3) is 10.9 Å². The number of carbonyl (C=O) groups is 1. The van der Waals surface area contributed by atoms with E-state index in [0.29, 0.717) is 22.0 Å². The lowest BCUT2D eigenvalue weighted by Crippen LogP contribution is -2.17. The number of carboxylic acids is 1. The molecule has 8 heteroatoms. The molecule has 3 rings (SSSR count). The molecule has 144 valence electrons. The lowest BCUT2D eigenvalue weighted by Gasteiger charge is -2.16. The Bertz CT molecular complexity index is 1090. The van der Waals surface area contributed by atoms with Crippen molar-refractivity contribution in [3.05, 3.63) is 59.3 Å². The van der Waals surface area contributed by atoms with E-state index < -0.39 is 18.4 Å². The smallest absolute Gasteiger partial charge is 0.478 e. The summed E-state index contributed by atoms with van der Waals surface area (Å²) in [5, 5.41) is 14.5. The molecular formula is C20H15F3N2O3. The van der Waals surface area contributed by atoms with Gasteiger partial charge in [0.25, 0.3) is 0 Å². The summed E-state index contributed by atoms with van der Waals surface area (Å²) in [5.74, 6) is 4.26. The van der Waals surface area contributed by atoms with Crippen molar-refractivity contribution in [1.29, 1.82) is 0 Å². The normalized spacial score (nSPS) is 12.3. The number of aromatic nitrogens is 2. The molecular weight excluding hydrogens is 373 g/mol. The number of benzene rings is 2. The van der Waals surface area contributed by atoms with Gasteiger partial charge in [-0.25, -0.2) is 4.79 Å². The molecule has 1 atom stereocenters. The Morgan fingerprint density at radius 1 is 1.21 bits per heavy atom. The molecule has 0 aliphatic carbocycles. The third kappa shape index (κ3) is 3.78. The Kier molecular flexibility index (Phi) is 5.01. The first-order valence-electron chi connectivity index (χ1n) is 8.23. The number of alkyl halides is 3. The molecule has 5 nitrogen and oxygen atoms in total. The van der Waals surface area contributed by atoms with Crippen LogP contribution in [0.1, 0.15) is 41.4 Å². The quantitative estimate of drug-likeness (QED) is 0.663. The SMILES string of the molecule is CC#Cc1ccc(C(=O)O)c2c1cnn2C(C)c1ccc(OC(F)(F)F)cc1. The van der Waals surface area contributed by atoms with E-state index >= 15 is 0 Å². The van der Waals surface area contributed by atoms with Gasteiger partial charge in [0.15, 0.2) is 0 Å². The van der Waals surface area contributed by atoms with Crippen molar-refractivity contribution in [3.63, 3.8) is 0 Å². The summed E-state index contributed by atoms with van der Waals surface area (Å²) < 4.78 is 42.4. The molecule has 3 aromatic rings. The number of hydrogen-bond donors (Lipinski definition) is 1. The van der Waals surface area contributed by atoms with E-state index in [1.54, 1.807) is 26.1 Å². The summed E-state index contributed by atoms with van der Waals surface area (Å²) in [6.07, 6.45) is -3.22. The zero-order chi connectivity index (χ0) is 20.5. The molecule has 0 bridgehead atoms. The van der Waals surface area contributed by atoms with Crippen molar-refractivity contribution in [1.82, 2.24) is 9.78 Å². The van der Waals surface area contributed by atoms with Gasteiger partial charge in [-0.2, -0.15) is 5.10 Å². The van der Waals surface area contributed by atoms with Crippen LogP contribution in [0.5, 0.6) is 5.75 Å². The van der Waals surface area contributed by atoms with Crippen LogP contribution < -0.4 is 4.74 Å². The number of fused-ring (bicyclic) bond motifs is 1. The summed E-state index contributed by atoms with van der Waals surface area (Å²) in [4.78, 5) is 11.7. The predicted octanol–water partition coefficient (Wildman–Crippen LogP) is 4.61. The van der Waals surface area contributed by atoms with E-state index in [0.717, 1.165) is 0 Å². The van der Waals surface area contributed by atoms with Crippen LogP contribution in [0.2, 0.25) is 0 Å². The van der Waals surface area contributed by atoms with Gasteiger partial charge < -0.3 is 9.84 Å². The van der Waals surface area contributed by atoms with Crippen LogP contribution in [-0.2, 0) is 0 Å². The first-order valence-corrected chi connectivity index (χ1v) is 8.23. The standard InChI is InChI=1S/C20H15F3N2O3/c1-3-4-14-7-10-16(19(26)27)18-17(14)11-24-25(18)12(2)13-5-8-15(9-6-13)28-20(21,22)23/h5-12H,1-2H3,(H,26,27). The number of ether oxygens (including phenoxy) is 1. The zero-order valence-corrected chi connectivity index (χ0v) is 14.9. The lowest BCUT2D eigenvalue weighted by atomic mass is 10.0. The third-order valence-corrected chi connectivity index (χ3v) is 4.21.